The van der Waals surface area contributed by atoms with Crippen LogP contribution in [0.15, 0.2) is 0 Å². The summed E-state index contributed by atoms with van der Waals surface area (Å²) in [5.74, 6) is 0.287. The normalized spacial score (nSPS) is 38.2. The highest BCUT2D eigenvalue weighted by molar-refractivity contribution is 4.82. The van der Waals surface area contributed by atoms with E-state index in [1.807, 2.05) is 0 Å². The summed E-state index contributed by atoms with van der Waals surface area (Å²) in [4.78, 5) is 0. The minimum atomic E-state index is 0.167. The van der Waals surface area contributed by atoms with E-state index in [0.717, 1.165) is 13.1 Å². The summed E-state index contributed by atoms with van der Waals surface area (Å²) in [5.41, 5.74) is 5.57. The molecule has 0 aromatic carbocycles. The van der Waals surface area contributed by atoms with E-state index in [4.69, 9.17) is 10.8 Å². The fourth-order valence-corrected chi connectivity index (χ4v) is 0.953. The van der Waals surface area contributed by atoms with Crippen molar-refractivity contribution in [3.63, 3.8) is 0 Å². The maximum absolute atomic E-state index is 8.62. The van der Waals surface area contributed by atoms with Crippen LogP contribution >= 0.6 is 0 Å². The molecule has 8 heavy (non-hydrogen) atoms. The fourth-order valence-electron chi connectivity index (χ4n) is 0.953. The second-order valence-electron chi connectivity index (χ2n) is 2.26. The van der Waals surface area contributed by atoms with E-state index in [-0.39, 0.29) is 18.6 Å². The lowest BCUT2D eigenvalue weighted by Gasteiger charge is -2.08. The summed E-state index contributed by atoms with van der Waals surface area (Å²) in [6.07, 6.45) is 0. The zero-order valence-electron chi connectivity index (χ0n) is 4.80. The summed E-state index contributed by atoms with van der Waals surface area (Å²) in [6.45, 7) is 1.94. The quantitative estimate of drug-likeness (QED) is 0.392. The molecule has 4 N–H and O–H groups in total. The van der Waals surface area contributed by atoms with Crippen LogP contribution in [0.1, 0.15) is 0 Å². The molecule has 1 aliphatic heterocycles. The topological polar surface area (TPSA) is 58.3 Å². The predicted octanol–water partition coefficient (Wildman–Crippen LogP) is -1.47. The average Bonchev–Trinajstić information content (AvgIpc) is 2.14. The van der Waals surface area contributed by atoms with Gasteiger partial charge in [-0.3, -0.25) is 0 Å². The first-order valence-corrected chi connectivity index (χ1v) is 2.91. The van der Waals surface area contributed by atoms with Crippen LogP contribution in [0.5, 0.6) is 0 Å². The van der Waals surface area contributed by atoms with Gasteiger partial charge in [0.1, 0.15) is 0 Å². The molecule has 0 saturated carbocycles. The second kappa shape index (κ2) is 2.44. The second-order valence-corrected chi connectivity index (χ2v) is 2.26. The van der Waals surface area contributed by atoms with Gasteiger partial charge in [-0.05, 0) is 0 Å². The van der Waals surface area contributed by atoms with Crippen molar-refractivity contribution in [1.29, 1.82) is 0 Å². The van der Waals surface area contributed by atoms with Crippen LogP contribution in [0.2, 0.25) is 0 Å². The average molecular weight is 116 g/mol. The molecule has 0 radical (unpaired) electrons. The van der Waals surface area contributed by atoms with Crippen LogP contribution in [0.25, 0.3) is 0 Å². The first-order valence-electron chi connectivity index (χ1n) is 2.91. The van der Waals surface area contributed by atoms with E-state index in [0.29, 0.717) is 0 Å². The lowest BCUT2D eigenvalue weighted by atomic mass is 10.1. The Hall–Kier alpha value is -0.120. The van der Waals surface area contributed by atoms with E-state index >= 15 is 0 Å². The molecule has 1 heterocycles. The van der Waals surface area contributed by atoms with Gasteiger partial charge < -0.3 is 16.2 Å². The summed E-state index contributed by atoms with van der Waals surface area (Å²) in [6, 6.07) is 0.167. The van der Waals surface area contributed by atoms with Crippen LogP contribution in [0, 0.1) is 5.92 Å². The lowest BCUT2D eigenvalue weighted by Crippen LogP contribution is -2.30. The molecule has 1 rings (SSSR count). The summed E-state index contributed by atoms with van der Waals surface area (Å²) in [5, 5.41) is 11.7. The number of aliphatic hydroxyl groups excluding tert-OH is 1. The molecule has 3 heteroatoms. The third kappa shape index (κ3) is 0.992. The van der Waals surface area contributed by atoms with Crippen molar-refractivity contribution in [1.82, 2.24) is 5.32 Å². The first kappa shape index (κ1) is 6.01. The number of hydrogen-bond acceptors (Lipinski definition) is 3. The summed E-state index contributed by atoms with van der Waals surface area (Å²) < 4.78 is 0. The zero-order chi connectivity index (χ0) is 5.98. The Morgan fingerprint density at radius 3 is 2.62 bits per heavy atom. The van der Waals surface area contributed by atoms with E-state index in [2.05, 4.69) is 5.32 Å². The van der Waals surface area contributed by atoms with Crippen molar-refractivity contribution in [3.05, 3.63) is 0 Å². The molecule has 0 aliphatic carbocycles. The molecule has 0 spiro atoms. The van der Waals surface area contributed by atoms with Crippen molar-refractivity contribution < 1.29 is 5.11 Å². The van der Waals surface area contributed by atoms with Crippen molar-refractivity contribution in [2.45, 2.75) is 6.04 Å². The molecule has 48 valence electrons. The Labute approximate surface area is 48.9 Å². The number of nitrogens with two attached hydrogens (primary N) is 1. The minimum Gasteiger partial charge on any atom is -0.396 e. The van der Waals surface area contributed by atoms with Gasteiger partial charge in [-0.1, -0.05) is 0 Å². The SMILES string of the molecule is N[C@@H]1CNC[C@@H]1CO. The molecular formula is C5H12N2O. The number of hydrogen-bond donors (Lipinski definition) is 3. The van der Waals surface area contributed by atoms with E-state index in [1.165, 1.54) is 0 Å². The Kier molecular flexibility index (Phi) is 1.83. The van der Waals surface area contributed by atoms with Crippen LogP contribution < -0.4 is 11.1 Å². The Morgan fingerprint density at radius 2 is 2.38 bits per heavy atom. The Bertz CT molecular complexity index is 76.8. The molecule has 2 atom stereocenters. The number of rotatable bonds is 1. The van der Waals surface area contributed by atoms with Crippen LogP contribution in [-0.4, -0.2) is 30.8 Å². The summed E-state index contributed by atoms with van der Waals surface area (Å²) in [7, 11) is 0. The van der Waals surface area contributed by atoms with Crippen molar-refractivity contribution >= 4 is 0 Å². The third-order valence-corrected chi connectivity index (χ3v) is 1.63. The van der Waals surface area contributed by atoms with Gasteiger partial charge in [0, 0.05) is 31.7 Å². The third-order valence-electron chi connectivity index (χ3n) is 1.63. The lowest BCUT2D eigenvalue weighted by molar-refractivity contribution is 0.227. The highest BCUT2D eigenvalue weighted by Gasteiger charge is 2.21. The molecule has 1 aliphatic rings. The smallest absolute Gasteiger partial charge is 0.0486 e. The summed E-state index contributed by atoms with van der Waals surface area (Å²) >= 11 is 0. The van der Waals surface area contributed by atoms with Crippen LogP contribution in [-0.2, 0) is 0 Å². The molecular weight excluding hydrogens is 104 g/mol. The van der Waals surface area contributed by atoms with Gasteiger partial charge in [0.15, 0.2) is 0 Å². The molecule has 1 saturated heterocycles. The zero-order valence-corrected chi connectivity index (χ0v) is 4.80. The van der Waals surface area contributed by atoms with Crippen LogP contribution in [0.4, 0.5) is 0 Å². The molecule has 3 nitrogen and oxygen atoms in total. The van der Waals surface area contributed by atoms with Gasteiger partial charge in [0.05, 0.1) is 0 Å². The van der Waals surface area contributed by atoms with Gasteiger partial charge in [-0.2, -0.15) is 0 Å². The van der Waals surface area contributed by atoms with E-state index in [9.17, 15) is 0 Å². The number of aliphatic hydroxyl groups is 1. The van der Waals surface area contributed by atoms with Crippen molar-refractivity contribution in [2.75, 3.05) is 19.7 Å². The largest absolute Gasteiger partial charge is 0.396 e. The minimum absolute atomic E-state index is 0.167. The van der Waals surface area contributed by atoms with Gasteiger partial charge >= 0.3 is 0 Å². The molecule has 0 amide bonds. The Morgan fingerprint density at radius 1 is 1.62 bits per heavy atom. The first-order chi connectivity index (χ1) is 3.84. The van der Waals surface area contributed by atoms with Gasteiger partial charge in [0.25, 0.3) is 0 Å². The van der Waals surface area contributed by atoms with Gasteiger partial charge in [-0.25, -0.2) is 0 Å². The highest BCUT2D eigenvalue weighted by Crippen LogP contribution is 2.03. The molecule has 1 fully saturated rings. The maximum atomic E-state index is 8.62. The number of nitrogens with one attached hydrogen (secondary N) is 1. The molecule has 0 bridgehead atoms. The fraction of sp³-hybridized carbons (Fsp3) is 1.00. The maximum Gasteiger partial charge on any atom is 0.0486 e. The highest BCUT2D eigenvalue weighted by atomic mass is 16.3. The monoisotopic (exact) mass is 116 g/mol. The van der Waals surface area contributed by atoms with Crippen molar-refractivity contribution in [3.8, 4) is 0 Å². The standard InChI is InChI=1S/C5H12N2O/c6-5-2-7-1-4(5)3-8/h4-5,7-8H,1-3,6H2/t4-,5-/m1/s1. The molecule has 0 aromatic heterocycles. The van der Waals surface area contributed by atoms with Gasteiger partial charge in [0.2, 0.25) is 0 Å². The van der Waals surface area contributed by atoms with Gasteiger partial charge in [-0.15, -0.1) is 0 Å². The van der Waals surface area contributed by atoms with E-state index in [1.54, 1.807) is 0 Å². The predicted molar refractivity (Wildman–Crippen MR) is 31.4 cm³/mol. The van der Waals surface area contributed by atoms with Crippen molar-refractivity contribution in [2.24, 2.45) is 11.7 Å². The van der Waals surface area contributed by atoms with E-state index < -0.39 is 0 Å². The molecule has 0 unspecified atom stereocenters. The Balaban J connectivity index is 2.30. The molecule has 0 aromatic rings. The van der Waals surface area contributed by atoms with Crippen LogP contribution in [0.3, 0.4) is 0 Å².